The van der Waals surface area contributed by atoms with Crippen LogP contribution in [0.2, 0.25) is 0 Å². The normalized spacial score (nSPS) is 12.4. The number of hydrogen-bond acceptors (Lipinski definition) is 3. The molecule has 0 bridgehead atoms. The molecule has 9 heteroatoms. The molecule has 0 radical (unpaired) electrons. The van der Waals surface area contributed by atoms with Crippen molar-refractivity contribution in [3.63, 3.8) is 0 Å². The minimum absolute atomic E-state index is 0.0578. The molecule has 0 aromatic heterocycles. The highest BCUT2D eigenvalue weighted by Gasteiger charge is 2.24. The lowest BCUT2D eigenvalue weighted by molar-refractivity contribution is 0.445. The number of aliphatic imine (C=N–C) groups is 2. The lowest BCUT2D eigenvalue weighted by Gasteiger charge is -2.19. The Morgan fingerprint density at radius 3 is 2.24 bits per heavy atom. The zero-order valence-electron chi connectivity index (χ0n) is 12.0. The fourth-order valence-corrected chi connectivity index (χ4v) is 3.34. The number of rotatable bonds is 5. The van der Waals surface area contributed by atoms with Gasteiger partial charge in [-0.05, 0) is 12.1 Å². The molecule has 8 nitrogen and oxygen atoms in total. The van der Waals surface area contributed by atoms with Gasteiger partial charge in [0.05, 0.1) is 5.69 Å². The van der Waals surface area contributed by atoms with E-state index in [1.807, 2.05) is 0 Å². The van der Waals surface area contributed by atoms with Crippen LogP contribution >= 0.6 is 0 Å². The van der Waals surface area contributed by atoms with Crippen LogP contribution in [0.1, 0.15) is 13.8 Å². The molecule has 0 atom stereocenters. The molecule has 0 amide bonds. The van der Waals surface area contributed by atoms with Crippen LogP contribution in [0.15, 0.2) is 39.1 Å². The summed E-state index contributed by atoms with van der Waals surface area (Å²) in [5.74, 6) is -0.461. The quantitative estimate of drug-likeness (QED) is 0.516. The Balaban J connectivity index is 3.38. The molecule has 21 heavy (non-hydrogen) atoms. The maximum Gasteiger partial charge on any atom is 0.245 e. The summed E-state index contributed by atoms with van der Waals surface area (Å²) < 4.78 is 26.4. The average Bonchev–Trinajstić information content (AvgIpc) is 2.39. The molecule has 0 heterocycles. The van der Waals surface area contributed by atoms with E-state index in [1.54, 1.807) is 26.0 Å². The maximum absolute atomic E-state index is 12.5. The largest absolute Gasteiger partial charge is 0.370 e. The molecule has 0 saturated heterocycles. The van der Waals surface area contributed by atoms with Crippen LogP contribution in [0.5, 0.6) is 0 Å². The summed E-state index contributed by atoms with van der Waals surface area (Å²) in [6.07, 6.45) is 0. The van der Waals surface area contributed by atoms with Gasteiger partial charge in [-0.3, -0.25) is 0 Å². The number of para-hydroxylation sites is 1. The van der Waals surface area contributed by atoms with Gasteiger partial charge in [0, 0.05) is 13.1 Å². The van der Waals surface area contributed by atoms with Gasteiger partial charge in [-0.2, -0.15) is 9.30 Å². The van der Waals surface area contributed by atoms with E-state index in [-0.39, 0.29) is 22.5 Å². The summed E-state index contributed by atoms with van der Waals surface area (Å²) in [6, 6.07) is 6.27. The molecule has 0 saturated carbocycles. The van der Waals surface area contributed by atoms with Crippen LogP contribution in [0.3, 0.4) is 0 Å². The summed E-state index contributed by atoms with van der Waals surface area (Å²) in [4.78, 5) is 7.59. The van der Waals surface area contributed by atoms with E-state index < -0.39 is 10.0 Å². The third-order valence-corrected chi connectivity index (χ3v) is 4.76. The highest BCUT2D eigenvalue weighted by molar-refractivity contribution is 7.89. The van der Waals surface area contributed by atoms with Crippen LogP contribution in [-0.2, 0) is 10.0 Å². The van der Waals surface area contributed by atoms with Crippen molar-refractivity contribution in [2.45, 2.75) is 18.7 Å². The second-order valence-corrected chi connectivity index (χ2v) is 5.97. The van der Waals surface area contributed by atoms with E-state index in [1.165, 1.54) is 16.4 Å². The first kappa shape index (κ1) is 16.9. The number of hydrogen-bond donors (Lipinski definition) is 3. The topological polar surface area (TPSA) is 140 Å². The number of benzene rings is 1. The molecule has 1 aromatic carbocycles. The first-order chi connectivity index (χ1) is 9.82. The van der Waals surface area contributed by atoms with Crippen molar-refractivity contribution in [3.8, 4) is 0 Å². The van der Waals surface area contributed by atoms with E-state index in [0.29, 0.717) is 13.1 Å². The summed E-state index contributed by atoms with van der Waals surface area (Å²) in [5.41, 5.74) is 16.1. The van der Waals surface area contributed by atoms with E-state index >= 15 is 0 Å². The number of sulfonamides is 1. The third-order valence-electron chi connectivity index (χ3n) is 2.67. The minimum atomic E-state index is -3.65. The summed E-state index contributed by atoms with van der Waals surface area (Å²) in [6.45, 7) is 4.25. The molecule has 0 unspecified atom stereocenters. The van der Waals surface area contributed by atoms with Crippen LogP contribution in [0.25, 0.3) is 0 Å². The summed E-state index contributed by atoms with van der Waals surface area (Å²) >= 11 is 0. The standard InChI is InChI=1S/C12H20N6O2S/c1-3-18(4-2)21(19,20)10-8-6-5-7-9(10)16-12(15)17-11(13)14/h5-8H,3-4H2,1-2H3,(H6,13,14,15,16,17). The first-order valence-electron chi connectivity index (χ1n) is 6.35. The van der Waals surface area contributed by atoms with Gasteiger partial charge in [-0.15, -0.1) is 0 Å². The minimum Gasteiger partial charge on any atom is -0.370 e. The van der Waals surface area contributed by atoms with Crippen molar-refractivity contribution in [1.29, 1.82) is 0 Å². The Morgan fingerprint density at radius 2 is 1.71 bits per heavy atom. The highest BCUT2D eigenvalue weighted by Crippen LogP contribution is 2.26. The van der Waals surface area contributed by atoms with Crippen LogP contribution in [0, 0.1) is 0 Å². The maximum atomic E-state index is 12.5. The van der Waals surface area contributed by atoms with Crippen molar-refractivity contribution in [1.82, 2.24) is 4.31 Å². The second kappa shape index (κ2) is 7.04. The fraction of sp³-hybridized carbons (Fsp3) is 0.333. The zero-order chi connectivity index (χ0) is 16.0. The molecule has 0 aliphatic carbocycles. The molecule has 0 fully saturated rings. The van der Waals surface area contributed by atoms with E-state index in [0.717, 1.165) is 0 Å². The molecular formula is C12H20N6O2S. The Kier molecular flexibility index (Phi) is 5.68. The third kappa shape index (κ3) is 4.17. The van der Waals surface area contributed by atoms with Crippen LogP contribution in [-0.4, -0.2) is 37.7 Å². The van der Waals surface area contributed by atoms with Crippen molar-refractivity contribution in [3.05, 3.63) is 24.3 Å². The van der Waals surface area contributed by atoms with Crippen molar-refractivity contribution >= 4 is 27.6 Å². The van der Waals surface area contributed by atoms with Gasteiger partial charge in [0.2, 0.25) is 16.0 Å². The monoisotopic (exact) mass is 312 g/mol. The van der Waals surface area contributed by atoms with E-state index in [2.05, 4.69) is 9.98 Å². The van der Waals surface area contributed by atoms with Crippen molar-refractivity contribution < 1.29 is 8.42 Å². The zero-order valence-corrected chi connectivity index (χ0v) is 12.8. The average molecular weight is 312 g/mol. The molecule has 0 spiro atoms. The van der Waals surface area contributed by atoms with E-state index in [9.17, 15) is 8.42 Å². The van der Waals surface area contributed by atoms with Gasteiger partial charge >= 0.3 is 0 Å². The van der Waals surface area contributed by atoms with Crippen molar-refractivity contribution in [2.24, 2.45) is 27.2 Å². The highest BCUT2D eigenvalue weighted by atomic mass is 32.2. The predicted octanol–water partition coefficient (Wildman–Crippen LogP) is -0.0633. The van der Waals surface area contributed by atoms with Gasteiger partial charge in [0.25, 0.3) is 0 Å². The van der Waals surface area contributed by atoms with Gasteiger partial charge in [-0.1, -0.05) is 26.0 Å². The van der Waals surface area contributed by atoms with Gasteiger partial charge in [0.15, 0.2) is 5.96 Å². The lowest BCUT2D eigenvalue weighted by atomic mass is 10.3. The predicted molar refractivity (Wildman–Crippen MR) is 83.6 cm³/mol. The van der Waals surface area contributed by atoms with Gasteiger partial charge in [-0.25, -0.2) is 13.4 Å². The molecule has 0 aliphatic heterocycles. The van der Waals surface area contributed by atoms with Gasteiger partial charge in [0.1, 0.15) is 4.90 Å². The number of nitrogens with zero attached hydrogens (tertiary/aromatic N) is 3. The Bertz CT molecular complexity index is 645. The van der Waals surface area contributed by atoms with Crippen LogP contribution in [0.4, 0.5) is 5.69 Å². The molecule has 6 N–H and O–H groups in total. The Morgan fingerprint density at radius 1 is 1.14 bits per heavy atom. The summed E-state index contributed by atoms with van der Waals surface area (Å²) in [5, 5.41) is 0. The molecular weight excluding hydrogens is 292 g/mol. The molecule has 1 aromatic rings. The van der Waals surface area contributed by atoms with Gasteiger partial charge < -0.3 is 17.2 Å². The van der Waals surface area contributed by atoms with Crippen molar-refractivity contribution in [2.75, 3.05) is 13.1 Å². The molecule has 1 rings (SSSR count). The number of nitrogens with two attached hydrogens (primary N) is 3. The Hall–Kier alpha value is -2.13. The Labute approximate surface area is 124 Å². The number of guanidine groups is 2. The first-order valence-corrected chi connectivity index (χ1v) is 7.79. The lowest BCUT2D eigenvalue weighted by Crippen LogP contribution is -2.30. The van der Waals surface area contributed by atoms with Crippen LogP contribution < -0.4 is 17.2 Å². The fourth-order valence-electron chi connectivity index (χ4n) is 1.75. The smallest absolute Gasteiger partial charge is 0.245 e. The molecule has 116 valence electrons. The van der Waals surface area contributed by atoms with E-state index in [4.69, 9.17) is 17.2 Å². The SMILES string of the molecule is CCN(CC)S(=O)(=O)c1ccccc1N=C(N)N=C(N)N. The summed E-state index contributed by atoms with van der Waals surface area (Å²) in [7, 11) is -3.65. The molecule has 0 aliphatic rings. The second-order valence-electron chi connectivity index (χ2n) is 4.06.